The molecule has 2 aromatic heterocycles. The molecule has 2 nitrogen and oxygen atoms in total. The lowest BCUT2D eigenvalue weighted by molar-refractivity contribution is -0.693. The number of halogens is 1. The molecule has 0 atom stereocenters. The van der Waals surface area contributed by atoms with E-state index in [1.54, 1.807) is 11.3 Å². The first-order valence-corrected chi connectivity index (χ1v) is 7.43. The lowest BCUT2D eigenvalue weighted by atomic mass is 10.3. The van der Waals surface area contributed by atoms with Crippen molar-refractivity contribution in [1.82, 2.24) is 4.98 Å². The maximum absolute atomic E-state index is 4.68. The van der Waals surface area contributed by atoms with Gasteiger partial charge in [-0.1, -0.05) is 12.1 Å². The average molecular weight is 320 g/mol. The fourth-order valence-electron chi connectivity index (χ4n) is 1.89. The third-order valence-corrected chi connectivity index (χ3v) is 4.31. The summed E-state index contributed by atoms with van der Waals surface area (Å²) >= 11 is 5.28. The van der Waals surface area contributed by atoms with E-state index in [1.165, 1.54) is 4.70 Å². The molecule has 0 saturated carbocycles. The smallest absolute Gasteiger partial charge is 0.183 e. The van der Waals surface area contributed by atoms with Crippen molar-refractivity contribution in [3.05, 3.63) is 47.2 Å². The maximum atomic E-state index is 4.68. The SMILES string of the molecule is CC[n+]1cc(Br)cc(-c2nc3ccccc3s2)c1. The first-order chi connectivity index (χ1) is 8.76. The van der Waals surface area contributed by atoms with E-state index >= 15 is 0 Å². The fraction of sp³-hybridized carbons (Fsp3) is 0.143. The minimum Gasteiger partial charge on any atom is -0.236 e. The molecule has 0 fully saturated rings. The first kappa shape index (κ1) is 11.8. The number of para-hydroxylation sites is 1. The van der Waals surface area contributed by atoms with Gasteiger partial charge >= 0.3 is 0 Å². The van der Waals surface area contributed by atoms with Crippen LogP contribution in [0.1, 0.15) is 6.92 Å². The summed E-state index contributed by atoms with van der Waals surface area (Å²) in [5, 5.41) is 1.07. The summed E-state index contributed by atoms with van der Waals surface area (Å²) in [6.07, 6.45) is 4.22. The molecule has 0 bridgehead atoms. The van der Waals surface area contributed by atoms with Crippen molar-refractivity contribution in [2.45, 2.75) is 13.5 Å². The largest absolute Gasteiger partial charge is 0.236 e. The number of thiazole rings is 1. The topological polar surface area (TPSA) is 16.8 Å². The number of rotatable bonds is 2. The molecule has 90 valence electrons. The van der Waals surface area contributed by atoms with Gasteiger partial charge in [0.15, 0.2) is 12.4 Å². The van der Waals surface area contributed by atoms with E-state index in [4.69, 9.17) is 0 Å². The van der Waals surface area contributed by atoms with Gasteiger partial charge in [-0.3, -0.25) is 0 Å². The van der Waals surface area contributed by atoms with E-state index in [0.717, 1.165) is 27.1 Å². The highest BCUT2D eigenvalue weighted by Gasteiger charge is 2.11. The Balaban J connectivity index is 2.16. The molecule has 0 amide bonds. The van der Waals surface area contributed by atoms with Crippen LogP contribution in [-0.2, 0) is 6.54 Å². The van der Waals surface area contributed by atoms with Gasteiger partial charge in [-0.15, -0.1) is 11.3 Å². The summed E-state index contributed by atoms with van der Waals surface area (Å²) in [4.78, 5) is 4.68. The molecule has 3 rings (SSSR count). The third-order valence-electron chi connectivity index (χ3n) is 2.79. The predicted molar refractivity (Wildman–Crippen MR) is 78.6 cm³/mol. The van der Waals surface area contributed by atoms with Crippen LogP contribution in [0, 0.1) is 0 Å². The Kier molecular flexibility index (Phi) is 3.14. The van der Waals surface area contributed by atoms with Crippen molar-refractivity contribution < 1.29 is 4.57 Å². The van der Waals surface area contributed by atoms with Crippen molar-refractivity contribution in [2.24, 2.45) is 0 Å². The highest BCUT2D eigenvalue weighted by molar-refractivity contribution is 9.10. The van der Waals surface area contributed by atoms with Gasteiger partial charge < -0.3 is 0 Å². The van der Waals surface area contributed by atoms with Crippen molar-refractivity contribution >= 4 is 37.5 Å². The molecular weight excluding hydrogens is 308 g/mol. The van der Waals surface area contributed by atoms with E-state index in [2.05, 4.69) is 69.1 Å². The quantitative estimate of drug-likeness (QED) is 0.651. The summed E-state index contributed by atoms with van der Waals surface area (Å²) < 4.78 is 4.47. The van der Waals surface area contributed by atoms with Crippen molar-refractivity contribution in [2.75, 3.05) is 0 Å². The lowest BCUT2D eigenvalue weighted by Gasteiger charge is -1.97. The van der Waals surface area contributed by atoms with Gasteiger partial charge in [0, 0.05) is 0 Å². The van der Waals surface area contributed by atoms with Gasteiger partial charge in [-0.2, -0.15) is 0 Å². The Labute approximate surface area is 118 Å². The molecule has 3 aromatic rings. The number of nitrogens with zero attached hydrogens (tertiary/aromatic N) is 2. The zero-order valence-corrected chi connectivity index (χ0v) is 12.3. The van der Waals surface area contributed by atoms with Gasteiger partial charge in [0.2, 0.25) is 0 Å². The molecule has 0 radical (unpaired) electrons. The summed E-state index contributed by atoms with van der Waals surface area (Å²) in [6.45, 7) is 3.09. The van der Waals surface area contributed by atoms with Gasteiger partial charge in [0.25, 0.3) is 0 Å². The van der Waals surface area contributed by atoms with Crippen molar-refractivity contribution in [3.8, 4) is 10.6 Å². The summed E-state index contributed by atoms with van der Waals surface area (Å²) in [6, 6.07) is 10.4. The van der Waals surface area contributed by atoms with Crippen molar-refractivity contribution in [1.29, 1.82) is 0 Å². The Hall–Kier alpha value is -1.26. The van der Waals surface area contributed by atoms with Crippen LogP contribution in [0.4, 0.5) is 0 Å². The minimum atomic E-state index is 0.956. The predicted octanol–water partition coefficient (Wildman–Crippen LogP) is 4.03. The third kappa shape index (κ3) is 2.18. The van der Waals surface area contributed by atoms with Crippen LogP contribution in [-0.4, -0.2) is 4.98 Å². The normalized spacial score (nSPS) is 11.0. The maximum Gasteiger partial charge on any atom is 0.183 e. The number of hydrogen-bond acceptors (Lipinski definition) is 2. The molecule has 0 aliphatic heterocycles. The monoisotopic (exact) mass is 319 g/mol. The second-order valence-corrected chi connectivity index (χ2v) is 6.01. The molecule has 0 spiro atoms. The fourth-order valence-corrected chi connectivity index (χ4v) is 3.35. The lowest BCUT2D eigenvalue weighted by Crippen LogP contribution is -2.31. The molecule has 0 unspecified atom stereocenters. The molecule has 0 aliphatic carbocycles. The second-order valence-electron chi connectivity index (χ2n) is 4.06. The van der Waals surface area contributed by atoms with Crippen LogP contribution in [0.3, 0.4) is 0 Å². The van der Waals surface area contributed by atoms with E-state index in [9.17, 15) is 0 Å². The Morgan fingerprint density at radius 3 is 2.89 bits per heavy atom. The van der Waals surface area contributed by atoms with Crippen LogP contribution in [0.2, 0.25) is 0 Å². The van der Waals surface area contributed by atoms with E-state index in [1.807, 2.05) is 6.07 Å². The van der Waals surface area contributed by atoms with Gasteiger partial charge in [-0.05, 0) is 41.1 Å². The number of aryl methyl sites for hydroxylation is 1. The summed E-state index contributed by atoms with van der Waals surface area (Å²) in [5.41, 5.74) is 2.23. The Morgan fingerprint density at radius 1 is 1.28 bits per heavy atom. The molecule has 0 saturated heterocycles. The van der Waals surface area contributed by atoms with Crippen LogP contribution in [0.5, 0.6) is 0 Å². The van der Waals surface area contributed by atoms with E-state index in [-0.39, 0.29) is 0 Å². The van der Waals surface area contributed by atoms with Crippen molar-refractivity contribution in [3.63, 3.8) is 0 Å². The van der Waals surface area contributed by atoms with Crippen LogP contribution >= 0.6 is 27.3 Å². The minimum absolute atomic E-state index is 0.956. The number of benzene rings is 1. The summed E-state index contributed by atoms with van der Waals surface area (Å²) in [7, 11) is 0. The van der Waals surface area contributed by atoms with Crippen LogP contribution < -0.4 is 4.57 Å². The standard InChI is InChI=1S/C14H12BrN2S/c1-2-17-8-10(7-11(15)9-17)14-16-12-5-3-4-6-13(12)18-14/h3-9H,2H2,1H3/q+1. The Bertz CT molecular complexity index is 673. The highest BCUT2D eigenvalue weighted by atomic mass is 79.9. The van der Waals surface area contributed by atoms with Gasteiger partial charge in [0.1, 0.15) is 11.6 Å². The molecule has 4 heteroatoms. The molecule has 2 heterocycles. The molecule has 0 aliphatic rings. The molecule has 18 heavy (non-hydrogen) atoms. The van der Waals surface area contributed by atoms with Crippen LogP contribution in [0.15, 0.2) is 47.2 Å². The summed E-state index contributed by atoms with van der Waals surface area (Å²) in [5.74, 6) is 0. The second kappa shape index (κ2) is 4.78. The van der Waals surface area contributed by atoms with Gasteiger partial charge in [0.05, 0.1) is 20.3 Å². The number of aromatic nitrogens is 2. The van der Waals surface area contributed by atoms with E-state index < -0.39 is 0 Å². The highest BCUT2D eigenvalue weighted by Crippen LogP contribution is 2.30. The molecule has 0 N–H and O–H groups in total. The molecule has 1 aromatic carbocycles. The first-order valence-electron chi connectivity index (χ1n) is 5.82. The van der Waals surface area contributed by atoms with Crippen LogP contribution in [0.25, 0.3) is 20.8 Å². The van der Waals surface area contributed by atoms with E-state index in [0.29, 0.717) is 0 Å². The zero-order chi connectivity index (χ0) is 12.5. The Morgan fingerprint density at radius 2 is 2.11 bits per heavy atom. The zero-order valence-electron chi connectivity index (χ0n) is 9.93. The molecular formula is C14H12BrN2S+. The van der Waals surface area contributed by atoms with Gasteiger partial charge in [-0.25, -0.2) is 9.55 Å². The average Bonchev–Trinajstić information content (AvgIpc) is 2.81. The number of pyridine rings is 1. The number of hydrogen-bond donors (Lipinski definition) is 0. The number of fused-ring (bicyclic) bond motifs is 1.